The number of aromatic nitrogens is 1. The van der Waals surface area contributed by atoms with Crippen LogP contribution >= 0.6 is 11.3 Å². The third kappa shape index (κ3) is 4.10. The van der Waals surface area contributed by atoms with Gasteiger partial charge in [0.1, 0.15) is 11.3 Å². The fourth-order valence-electron chi connectivity index (χ4n) is 2.45. The Labute approximate surface area is 144 Å². The lowest BCUT2D eigenvalue weighted by molar-refractivity contribution is -0.121. The monoisotopic (exact) mass is 342 g/mol. The number of hydrogen-bond acceptors (Lipinski definition) is 5. The number of carbonyl (C=O) groups excluding carboxylic acids is 1. The Morgan fingerprint density at radius 3 is 2.83 bits per heavy atom. The maximum absolute atomic E-state index is 12.3. The maximum Gasteiger partial charge on any atom is 0.226 e. The van der Waals surface area contributed by atoms with Crippen molar-refractivity contribution in [2.45, 2.75) is 18.9 Å². The van der Waals surface area contributed by atoms with Crippen molar-refractivity contribution in [2.75, 3.05) is 6.61 Å². The number of thiazole rings is 1. The zero-order valence-corrected chi connectivity index (χ0v) is 13.8. The summed E-state index contributed by atoms with van der Waals surface area (Å²) in [6.45, 7) is 0.0151. The minimum Gasteiger partial charge on any atom is -0.472 e. The van der Waals surface area contributed by atoms with Gasteiger partial charge in [-0.25, -0.2) is 4.98 Å². The molecule has 1 aromatic carbocycles. The third-order valence-corrected chi connectivity index (χ3v) is 4.56. The average molecular weight is 342 g/mol. The van der Waals surface area contributed by atoms with Crippen LogP contribution in [0.3, 0.4) is 0 Å². The van der Waals surface area contributed by atoms with Gasteiger partial charge >= 0.3 is 0 Å². The molecular formula is C18H18N2O3S. The van der Waals surface area contributed by atoms with Gasteiger partial charge < -0.3 is 14.8 Å². The Morgan fingerprint density at radius 1 is 1.29 bits per heavy atom. The highest BCUT2D eigenvalue weighted by Crippen LogP contribution is 2.24. The van der Waals surface area contributed by atoms with Crippen molar-refractivity contribution in [1.29, 1.82) is 0 Å². The van der Waals surface area contributed by atoms with Gasteiger partial charge in [0.05, 0.1) is 24.4 Å². The second kappa shape index (κ2) is 7.90. The number of nitrogens with one attached hydrogen (secondary N) is 1. The molecule has 0 saturated carbocycles. The summed E-state index contributed by atoms with van der Waals surface area (Å²) in [5, 5.41) is 14.9. The second-order valence-electron chi connectivity index (χ2n) is 5.38. The summed E-state index contributed by atoms with van der Waals surface area (Å²) < 4.78 is 5.05. The van der Waals surface area contributed by atoms with Gasteiger partial charge in [0.2, 0.25) is 5.91 Å². The van der Waals surface area contributed by atoms with Gasteiger partial charge in [0.15, 0.2) is 0 Å². The number of furan rings is 1. The Kier molecular flexibility index (Phi) is 5.40. The normalized spacial score (nSPS) is 12.0. The van der Waals surface area contributed by atoms with E-state index in [4.69, 9.17) is 4.42 Å². The minimum absolute atomic E-state index is 0.0151. The quantitative estimate of drug-likeness (QED) is 0.691. The van der Waals surface area contributed by atoms with Crippen molar-refractivity contribution in [3.8, 4) is 10.6 Å². The van der Waals surface area contributed by atoms with Crippen LogP contribution in [-0.4, -0.2) is 22.6 Å². The van der Waals surface area contributed by atoms with Crippen LogP contribution in [0, 0.1) is 0 Å². The molecule has 2 aromatic heterocycles. The van der Waals surface area contributed by atoms with Gasteiger partial charge in [-0.05, 0) is 18.1 Å². The fraction of sp³-hybridized carbons (Fsp3) is 0.222. The highest BCUT2D eigenvalue weighted by atomic mass is 32.1. The molecule has 1 amide bonds. The van der Waals surface area contributed by atoms with Crippen molar-refractivity contribution in [3.63, 3.8) is 0 Å². The van der Waals surface area contributed by atoms with Gasteiger partial charge in [-0.1, -0.05) is 30.3 Å². The first-order valence-electron chi connectivity index (χ1n) is 7.68. The number of aliphatic hydroxyl groups excluding tert-OH is 1. The molecule has 0 bridgehead atoms. The number of amides is 1. The van der Waals surface area contributed by atoms with E-state index in [1.165, 1.54) is 11.3 Å². The number of aliphatic hydroxyl groups is 1. The zero-order chi connectivity index (χ0) is 16.8. The first-order valence-corrected chi connectivity index (χ1v) is 8.56. The summed E-state index contributed by atoms with van der Waals surface area (Å²) in [6.07, 6.45) is 3.92. The molecule has 0 aliphatic heterocycles. The van der Waals surface area contributed by atoms with Crippen LogP contribution in [0.1, 0.15) is 23.7 Å². The first kappa shape index (κ1) is 16.4. The number of rotatable bonds is 7. The molecule has 3 aromatic rings. The van der Waals surface area contributed by atoms with Crippen molar-refractivity contribution in [1.82, 2.24) is 10.3 Å². The SMILES string of the molecule is O=C(Cc1csc(-c2ccoc2)n1)NC(CCO)c1ccccc1. The van der Waals surface area contributed by atoms with E-state index >= 15 is 0 Å². The van der Waals surface area contributed by atoms with Gasteiger partial charge in [-0.15, -0.1) is 11.3 Å². The van der Waals surface area contributed by atoms with E-state index in [-0.39, 0.29) is 25.0 Å². The van der Waals surface area contributed by atoms with E-state index in [0.29, 0.717) is 6.42 Å². The average Bonchev–Trinajstić information content (AvgIpc) is 3.26. The highest BCUT2D eigenvalue weighted by molar-refractivity contribution is 7.13. The van der Waals surface area contributed by atoms with E-state index in [0.717, 1.165) is 21.8 Å². The molecule has 124 valence electrons. The molecule has 0 aliphatic rings. The molecule has 24 heavy (non-hydrogen) atoms. The van der Waals surface area contributed by atoms with Crippen LogP contribution in [-0.2, 0) is 11.2 Å². The predicted molar refractivity (Wildman–Crippen MR) is 92.5 cm³/mol. The molecule has 0 fully saturated rings. The molecule has 5 nitrogen and oxygen atoms in total. The lowest BCUT2D eigenvalue weighted by Crippen LogP contribution is -2.30. The van der Waals surface area contributed by atoms with Crippen molar-refractivity contribution < 1.29 is 14.3 Å². The zero-order valence-electron chi connectivity index (χ0n) is 13.0. The minimum atomic E-state index is -0.198. The van der Waals surface area contributed by atoms with E-state index in [2.05, 4.69) is 10.3 Å². The Balaban J connectivity index is 1.64. The van der Waals surface area contributed by atoms with Crippen LogP contribution in [0.2, 0.25) is 0 Å². The summed E-state index contributed by atoms with van der Waals surface area (Å²) in [4.78, 5) is 16.8. The van der Waals surface area contributed by atoms with Crippen molar-refractivity contribution in [3.05, 3.63) is 65.6 Å². The van der Waals surface area contributed by atoms with Gasteiger partial charge in [0.25, 0.3) is 0 Å². The van der Waals surface area contributed by atoms with Crippen molar-refractivity contribution in [2.24, 2.45) is 0 Å². The number of benzene rings is 1. The van der Waals surface area contributed by atoms with E-state index in [1.54, 1.807) is 12.5 Å². The molecule has 3 rings (SSSR count). The second-order valence-corrected chi connectivity index (χ2v) is 6.23. The van der Waals surface area contributed by atoms with E-state index in [1.807, 2.05) is 41.8 Å². The lowest BCUT2D eigenvalue weighted by Gasteiger charge is -2.18. The lowest BCUT2D eigenvalue weighted by atomic mass is 10.0. The number of nitrogens with zero attached hydrogens (tertiary/aromatic N) is 1. The number of carbonyl (C=O) groups is 1. The Hall–Kier alpha value is -2.44. The fourth-order valence-corrected chi connectivity index (χ4v) is 3.26. The van der Waals surface area contributed by atoms with E-state index in [9.17, 15) is 9.90 Å². The van der Waals surface area contributed by atoms with Gasteiger partial charge in [-0.3, -0.25) is 4.79 Å². The number of hydrogen-bond donors (Lipinski definition) is 2. The topological polar surface area (TPSA) is 75.4 Å². The summed E-state index contributed by atoms with van der Waals surface area (Å²) >= 11 is 1.48. The van der Waals surface area contributed by atoms with Crippen LogP contribution in [0.4, 0.5) is 0 Å². The molecule has 1 unspecified atom stereocenters. The summed E-state index contributed by atoms with van der Waals surface area (Å²) in [5.74, 6) is -0.110. The smallest absolute Gasteiger partial charge is 0.226 e. The maximum atomic E-state index is 12.3. The standard InChI is InChI=1S/C18H18N2O3S/c21-8-6-16(13-4-2-1-3-5-13)20-17(22)10-15-12-24-18(19-15)14-7-9-23-11-14/h1-5,7,9,11-12,16,21H,6,8,10H2,(H,20,22). The van der Waals surface area contributed by atoms with Crippen LogP contribution in [0.25, 0.3) is 10.6 Å². The molecular weight excluding hydrogens is 324 g/mol. The molecule has 2 N–H and O–H groups in total. The largest absolute Gasteiger partial charge is 0.472 e. The van der Waals surface area contributed by atoms with Gasteiger partial charge in [-0.2, -0.15) is 0 Å². The molecule has 0 saturated heterocycles. The summed E-state index contributed by atoms with van der Waals surface area (Å²) in [7, 11) is 0. The molecule has 0 radical (unpaired) electrons. The molecule has 2 heterocycles. The third-order valence-electron chi connectivity index (χ3n) is 3.62. The molecule has 0 aliphatic carbocycles. The molecule has 6 heteroatoms. The first-order chi connectivity index (χ1) is 11.8. The Morgan fingerprint density at radius 2 is 2.12 bits per heavy atom. The summed E-state index contributed by atoms with van der Waals surface area (Å²) in [5.41, 5.74) is 2.62. The Bertz CT molecular complexity index is 769. The summed E-state index contributed by atoms with van der Waals surface area (Å²) in [6, 6.07) is 11.3. The van der Waals surface area contributed by atoms with Crippen LogP contribution < -0.4 is 5.32 Å². The molecule has 1 atom stereocenters. The van der Waals surface area contributed by atoms with E-state index < -0.39 is 0 Å². The van der Waals surface area contributed by atoms with Gasteiger partial charge in [0, 0.05) is 17.6 Å². The van der Waals surface area contributed by atoms with Crippen molar-refractivity contribution >= 4 is 17.2 Å². The predicted octanol–water partition coefficient (Wildman–Crippen LogP) is 3.19. The highest BCUT2D eigenvalue weighted by Gasteiger charge is 2.15. The van der Waals surface area contributed by atoms with Crippen LogP contribution in [0.15, 0.2) is 58.7 Å². The molecule has 0 spiro atoms. The van der Waals surface area contributed by atoms with Crippen LogP contribution in [0.5, 0.6) is 0 Å².